The van der Waals surface area contributed by atoms with Gasteiger partial charge in [0.05, 0.1) is 0 Å². The van der Waals surface area contributed by atoms with Gasteiger partial charge in [0.25, 0.3) is 6.04 Å². The molecule has 0 bridgehead atoms. The molecule has 0 spiro atoms. The average molecular weight is 389 g/mol. The van der Waals surface area contributed by atoms with Crippen molar-refractivity contribution in [3.05, 3.63) is 43.2 Å². The van der Waals surface area contributed by atoms with Crippen molar-refractivity contribution in [2.45, 2.75) is 103 Å². The molecule has 0 saturated heterocycles. The SMILES string of the molecule is C=CCOC(=O)C(CCCCCCCCCCCCCCC)[n+]1ccccc1. The van der Waals surface area contributed by atoms with Crippen molar-refractivity contribution in [1.82, 2.24) is 0 Å². The number of hydrogen-bond donors (Lipinski definition) is 0. The molecule has 158 valence electrons. The highest BCUT2D eigenvalue weighted by Gasteiger charge is 2.27. The Morgan fingerprint density at radius 2 is 1.36 bits per heavy atom. The van der Waals surface area contributed by atoms with E-state index in [2.05, 4.69) is 13.5 Å². The molecule has 1 unspecified atom stereocenters. The Kier molecular flexibility index (Phi) is 15.2. The Morgan fingerprint density at radius 3 is 1.86 bits per heavy atom. The van der Waals surface area contributed by atoms with Crippen molar-refractivity contribution in [3.8, 4) is 0 Å². The van der Waals surface area contributed by atoms with Gasteiger partial charge in [0.15, 0.2) is 12.4 Å². The highest BCUT2D eigenvalue weighted by atomic mass is 16.5. The summed E-state index contributed by atoms with van der Waals surface area (Å²) in [5, 5.41) is 0. The lowest BCUT2D eigenvalue weighted by atomic mass is 10.0. The van der Waals surface area contributed by atoms with Gasteiger partial charge in [-0.15, -0.1) is 0 Å². The van der Waals surface area contributed by atoms with Gasteiger partial charge in [0, 0.05) is 18.6 Å². The standard InChI is InChI=1S/C25H42NO2/c1-3-5-6-7-8-9-10-11-12-13-14-15-17-20-24(25(27)28-23-4-2)26-21-18-16-19-22-26/h4,16,18-19,21-22,24H,2-3,5-15,17,20,23H2,1H3/q+1. The highest BCUT2D eigenvalue weighted by molar-refractivity contribution is 5.72. The molecule has 0 radical (unpaired) electrons. The van der Waals surface area contributed by atoms with Crippen LogP contribution >= 0.6 is 0 Å². The molecule has 3 heteroatoms. The zero-order valence-electron chi connectivity index (χ0n) is 18.1. The summed E-state index contributed by atoms with van der Waals surface area (Å²) < 4.78 is 7.26. The predicted octanol–water partition coefficient (Wildman–Crippen LogP) is 6.73. The Morgan fingerprint density at radius 1 is 0.857 bits per heavy atom. The van der Waals surface area contributed by atoms with Gasteiger partial charge in [-0.3, -0.25) is 0 Å². The summed E-state index contributed by atoms with van der Waals surface area (Å²) in [7, 11) is 0. The number of unbranched alkanes of at least 4 members (excludes halogenated alkanes) is 12. The van der Waals surface area contributed by atoms with Crippen molar-refractivity contribution >= 4 is 5.97 Å². The maximum atomic E-state index is 12.4. The zero-order chi connectivity index (χ0) is 20.3. The Labute approximate surface area is 173 Å². The highest BCUT2D eigenvalue weighted by Crippen LogP contribution is 2.16. The maximum Gasteiger partial charge on any atom is 0.376 e. The third kappa shape index (κ3) is 11.9. The van der Waals surface area contributed by atoms with Crippen LogP contribution in [0.2, 0.25) is 0 Å². The molecule has 1 aromatic heterocycles. The minimum Gasteiger partial charge on any atom is -0.457 e. The van der Waals surface area contributed by atoms with E-state index in [4.69, 9.17) is 4.74 Å². The second-order valence-corrected chi connectivity index (χ2v) is 7.79. The van der Waals surface area contributed by atoms with E-state index in [0.29, 0.717) is 0 Å². The van der Waals surface area contributed by atoms with Crippen molar-refractivity contribution in [1.29, 1.82) is 0 Å². The van der Waals surface area contributed by atoms with E-state index in [0.717, 1.165) is 12.8 Å². The monoisotopic (exact) mass is 388 g/mol. The first-order chi connectivity index (χ1) is 13.8. The number of nitrogens with zero attached hydrogens (tertiary/aromatic N) is 1. The molecule has 0 aliphatic carbocycles. The van der Waals surface area contributed by atoms with Crippen LogP contribution in [0.25, 0.3) is 0 Å². The molecule has 0 aliphatic heterocycles. The summed E-state index contributed by atoms with van der Waals surface area (Å²) in [5.74, 6) is -0.157. The van der Waals surface area contributed by atoms with Crippen LogP contribution in [-0.4, -0.2) is 12.6 Å². The zero-order valence-corrected chi connectivity index (χ0v) is 18.1. The Hall–Kier alpha value is -1.64. The minimum absolute atomic E-state index is 0.157. The maximum absolute atomic E-state index is 12.4. The number of pyridine rings is 1. The quantitative estimate of drug-likeness (QED) is 0.121. The second kappa shape index (κ2) is 17.5. The van der Waals surface area contributed by atoms with E-state index < -0.39 is 0 Å². The topological polar surface area (TPSA) is 30.2 Å². The van der Waals surface area contributed by atoms with Crippen molar-refractivity contribution < 1.29 is 14.1 Å². The molecule has 0 amide bonds. The van der Waals surface area contributed by atoms with Crippen molar-refractivity contribution in [2.75, 3.05) is 6.61 Å². The Bertz CT molecular complexity index is 501. The molecule has 0 fully saturated rings. The lowest BCUT2D eigenvalue weighted by Gasteiger charge is -2.11. The summed E-state index contributed by atoms with van der Waals surface area (Å²) in [6.45, 7) is 6.17. The molecular formula is C25H42NO2+. The number of rotatable bonds is 18. The van der Waals surface area contributed by atoms with Crippen LogP contribution in [0.4, 0.5) is 0 Å². The van der Waals surface area contributed by atoms with Crippen LogP contribution in [-0.2, 0) is 9.53 Å². The van der Waals surface area contributed by atoms with Crippen LogP contribution in [0.1, 0.15) is 103 Å². The summed E-state index contributed by atoms with van der Waals surface area (Å²) in [5.41, 5.74) is 0. The first-order valence-electron chi connectivity index (χ1n) is 11.5. The number of esters is 1. The van der Waals surface area contributed by atoms with E-state index >= 15 is 0 Å². The van der Waals surface area contributed by atoms with Crippen LogP contribution in [0.3, 0.4) is 0 Å². The second-order valence-electron chi connectivity index (χ2n) is 7.79. The fraction of sp³-hybridized carbons (Fsp3) is 0.680. The summed E-state index contributed by atoms with van der Waals surface area (Å²) in [6, 6.07) is 5.65. The number of hydrogen-bond acceptors (Lipinski definition) is 2. The third-order valence-corrected chi connectivity index (χ3v) is 5.30. The van der Waals surface area contributed by atoms with E-state index in [1.54, 1.807) is 6.08 Å². The third-order valence-electron chi connectivity index (χ3n) is 5.30. The van der Waals surface area contributed by atoms with E-state index in [1.807, 2.05) is 35.2 Å². The molecule has 3 nitrogen and oxygen atoms in total. The molecule has 1 aromatic rings. The predicted molar refractivity (Wildman–Crippen MR) is 117 cm³/mol. The first kappa shape index (κ1) is 24.4. The smallest absolute Gasteiger partial charge is 0.376 e. The molecule has 1 atom stereocenters. The van der Waals surface area contributed by atoms with Gasteiger partial charge in [0.1, 0.15) is 6.61 Å². The van der Waals surface area contributed by atoms with Gasteiger partial charge in [-0.1, -0.05) is 103 Å². The van der Waals surface area contributed by atoms with Gasteiger partial charge < -0.3 is 4.74 Å². The van der Waals surface area contributed by atoms with Crippen LogP contribution in [0.5, 0.6) is 0 Å². The van der Waals surface area contributed by atoms with E-state index in [-0.39, 0.29) is 18.6 Å². The molecule has 1 rings (SSSR count). The molecule has 0 N–H and O–H groups in total. The largest absolute Gasteiger partial charge is 0.457 e. The average Bonchev–Trinajstić information content (AvgIpc) is 2.73. The molecule has 0 saturated carbocycles. The number of ether oxygens (including phenoxy) is 1. The number of carbonyl (C=O) groups excluding carboxylic acids is 1. The fourth-order valence-corrected chi connectivity index (χ4v) is 3.60. The molecular weight excluding hydrogens is 346 g/mol. The Balaban J connectivity index is 2.11. The van der Waals surface area contributed by atoms with Gasteiger partial charge >= 0.3 is 5.97 Å². The molecule has 1 heterocycles. The van der Waals surface area contributed by atoms with Crippen molar-refractivity contribution in [3.63, 3.8) is 0 Å². The van der Waals surface area contributed by atoms with E-state index in [9.17, 15) is 4.79 Å². The molecule has 0 aromatic carbocycles. The van der Waals surface area contributed by atoms with E-state index in [1.165, 1.54) is 77.0 Å². The number of aromatic nitrogens is 1. The lowest BCUT2D eigenvalue weighted by Crippen LogP contribution is -2.44. The van der Waals surface area contributed by atoms with Crippen molar-refractivity contribution in [2.24, 2.45) is 0 Å². The summed E-state index contributed by atoms with van der Waals surface area (Å²) in [6.07, 6.45) is 23.7. The molecule has 0 aliphatic rings. The number of carbonyl (C=O) groups is 1. The van der Waals surface area contributed by atoms with Crippen LogP contribution < -0.4 is 4.57 Å². The normalized spacial score (nSPS) is 11.9. The van der Waals surface area contributed by atoms with Gasteiger partial charge in [-0.2, -0.15) is 4.57 Å². The van der Waals surface area contributed by atoms with Crippen LogP contribution in [0.15, 0.2) is 43.2 Å². The minimum atomic E-state index is -0.228. The summed E-state index contributed by atoms with van der Waals surface area (Å²) in [4.78, 5) is 12.4. The molecule has 28 heavy (non-hydrogen) atoms. The van der Waals surface area contributed by atoms with Gasteiger partial charge in [0.2, 0.25) is 0 Å². The fourth-order valence-electron chi connectivity index (χ4n) is 3.60. The van der Waals surface area contributed by atoms with Crippen LogP contribution in [0, 0.1) is 0 Å². The van der Waals surface area contributed by atoms with Gasteiger partial charge in [-0.25, -0.2) is 4.79 Å². The first-order valence-corrected chi connectivity index (χ1v) is 11.5. The lowest BCUT2D eigenvalue weighted by molar-refractivity contribution is -0.711. The summed E-state index contributed by atoms with van der Waals surface area (Å²) >= 11 is 0. The van der Waals surface area contributed by atoms with Gasteiger partial charge in [-0.05, 0) is 6.42 Å².